The molecular weight excluding hydrogens is 204 g/mol. The van der Waals surface area contributed by atoms with Crippen LogP contribution in [-0.2, 0) is 9.53 Å². The third-order valence-electron chi connectivity index (χ3n) is 4.41. The van der Waals surface area contributed by atoms with Crippen LogP contribution in [0.4, 0.5) is 0 Å². The Morgan fingerprint density at radius 2 is 1.94 bits per heavy atom. The summed E-state index contributed by atoms with van der Waals surface area (Å²) in [5.74, 6) is 0.681. The molecule has 0 bridgehead atoms. The normalized spacial score (nSPS) is 29.8. The number of methoxy groups -OCH3 is 1. The van der Waals surface area contributed by atoms with Gasteiger partial charge in [-0.25, -0.2) is 0 Å². The van der Waals surface area contributed by atoms with E-state index in [-0.39, 0.29) is 6.10 Å². The largest absolute Gasteiger partial charge is 0.378 e. The lowest BCUT2D eigenvalue weighted by Crippen LogP contribution is -2.65. The highest BCUT2D eigenvalue weighted by atomic mass is 16.5. The zero-order chi connectivity index (χ0) is 11.3. The SMILES string of the molecule is COC1CN(C(=O)C2CC3(C2)CN(C)C3)C1. The topological polar surface area (TPSA) is 32.8 Å². The fourth-order valence-electron chi connectivity index (χ4n) is 3.54. The van der Waals surface area contributed by atoms with Gasteiger partial charge in [0, 0.05) is 39.2 Å². The van der Waals surface area contributed by atoms with E-state index in [1.807, 2.05) is 4.90 Å². The number of carbonyl (C=O) groups excluding carboxylic acids is 1. The van der Waals surface area contributed by atoms with Crippen molar-refractivity contribution >= 4 is 5.91 Å². The number of ether oxygens (including phenoxy) is 1. The number of rotatable bonds is 2. The van der Waals surface area contributed by atoms with Crippen molar-refractivity contribution in [3.8, 4) is 0 Å². The average Bonchev–Trinajstić information content (AvgIpc) is 2.06. The number of hydrogen-bond donors (Lipinski definition) is 0. The van der Waals surface area contributed by atoms with Crippen LogP contribution in [0.3, 0.4) is 0 Å². The second-order valence-electron chi connectivity index (χ2n) is 5.88. The van der Waals surface area contributed by atoms with E-state index >= 15 is 0 Å². The molecule has 2 heterocycles. The van der Waals surface area contributed by atoms with Crippen molar-refractivity contribution in [3.63, 3.8) is 0 Å². The minimum Gasteiger partial charge on any atom is -0.378 e. The third kappa shape index (κ3) is 1.47. The molecule has 0 radical (unpaired) electrons. The molecule has 0 unspecified atom stereocenters. The summed E-state index contributed by atoms with van der Waals surface area (Å²) in [5, 5.41) is 0. The van der Waals surface area contributed by atoms with Crippen molar-refractivity contribution < 1.29 is 9.53 Å². The molecule has 16 heavy (non-hydrogen) atoms. The fraction of sp³-hybridized carbons (Fsp3) is 0.917. The molecule has 1 amide bonds. The Hall–Kier alpha value is -0.610. The third-order valence-corrected chi connectivity index (χ3v) is 4.41. The maximum atomic E-state index is 12.0. The molecule has 90 valence electrons. The lowest BCUT2D eigenvalue weighted by atomic mass is 9.57. The second kappa shape index (κ2) is 3.44. The fourth-order valence-corrected chi connectivity index (χ4v) is 3.54. The summed E-state index contributed by atoms with van der Waals surface area (Å²) in [6.07, 6.45) is 2.52. The van der Waals surface area contributed by atoms with Crippen LogP contribution in [0.2, 0.25) is 0 Å². The molecule has 0 aromatic heterocycles. The smallest absolute Gasteiger partial charge is 0.225 e. The summed E-state index contributed by atoms with van der Waals surface area (Å²) >= 11 is 0. The molecule has 2 saturated heterocycles. The molecule has 1 spiro atoms. The van der Waals surface area contributed by atoms with Crippen molar-refractivity contribution in [2.75, 3.05) is 40.3 Å². The van der Waals surface area contributed by atoms with Crippen LogP contribution >= 0.6 is 0 Å². The van der Waals surface area contributed by atoms with Gasteiger partial charge in [0.15, 0.2) is 0 Å². The Morgan fingerprint density at radius 3 is 2.44 bits per heavy atom. The zero-order valence-corrected chi connectivity index (χ0v) is 10.1. The van der Waals surface area contributed by atoms with Crippen molar-refractivity contribution in [2.45, 2.75) is 18.9 Å². The number of nitrogens with zero attached hydrogens (tertiary/aromatic N) is 2. The van der Waals surface area contributed by atoms with E-state index in [1.165, 1.54) is 13.1 Å². The number of hydrogen-bond acceptors (Lipinski definition) is 3. The Kier molecular flexibility index (Phi) is 2.27. The summed E-state index contributed by atoms with van der Waals surface area (Å²) in [6.45, 7) is 3.99. The van der Waals surface area contributed by atoms with Gasteiger partial charge in [0.25, 0.3) is 0 Å². The van der Waals surface area contributed by atoms with Gasteiger partial charge in [-0.3, -0.25) is 4.79 Å². The van der Waals surface area contributed by atoms with Crippen molar-refractivity contribution in [3.05, 3.63) is 0 Å². The first-order chi connectivity index (χ1) is 7.62. The van der Waals surface area contributed by atoms with Gasteiger partial charge in [0.05, 0.1) is 6.10 Å². The van der Waals surface area contributed by atoms with Gasteiger partial charge in [-0.15, -0.1) is 0 Å². The number of carbonyl (C=O) groups is 1. The molecule has 4 nitrogen and oxygen atoms in total. The Labute approximate surface area is 96.5 Å². The molecule has 3 aliphatic rings. The lowest BCUT2D eigenvalue weighted by molar-refractivity contribution is -0.163. The predicted molar refractivity (Wildman–Crippen MR) is 60.0 cm³/mol. The standard InChI is InChI=1S/C12H20N2O2/c1-13-7-12(8-13)3-9(4-12)11(15)14-5-10(6-14)16-2/h9-10H,3-8H2,1-2H3. The van der Waals surface area contributed by atoms with Crippen molar-refractivity contribution in [1.29, 1.82) is 0 Å². The zero-order valence-electron chi connectivity index (χ0n) is 10.1. The first kappa shape index (κ1) is 10.5. The highest BCUT2D eigenvalue weighted by Crippen LogP contribution is 2.52. The maximum absolute atomic E-state index is 12.0. The maximum Gasteiger partial charge on any atom is 0.225 e. The number of amides is 1. The Morgan fingerprint density at radius 1 is 1.31 bits per heavy atom. The first-order valence-electron chi connectivity index (χ1n) is 6.12. The van der Waals surface area contributed by atoms with Gasteiger partial charge in [-0.1, -0.05) is 0 Å². The van der Waals surface area contributed by atoms with Crippen LogP contribution in [0.25, 0.3) is 0 Å². The van der Waals surface area contributed by atoms with Crippen LogP contribution in [0.1, 0.15) is 12.8 Å². The monoisotopic (exact) mass is 224 g/mol. The Balaban J connectivity index is 1.45. The Bertz CT molecular complexity index is 298. The van der Waals surface area contributed by atoms with E-state index in [0.29, 0.717) is 17.2 Å². The summed E-state index contributed by atoms with van der Waals surface area (Å²) in [4.78, 5) is 16.3. The van der Waals surface area contributed by atoms with Gasteiger partial charge in [-0.05, 0) is 25.3 Å². The van der Waals surface area contributed by atoms with E-state index < -0.39 is 0 Å². The summed E-state index contributed by atoms with van der Waals surface area (Å²) in [5.41, 5.74) is 0.514. The van der Waals surface area contributed by atoms with Crippen LogP contribution < -0.4 is 0 Å². The van der Waals surface area contributed by atoms with E-state index in [4.69, 9.17) is 4.74 Å². The minimum absolute atomic E-state index is 0.285. The average molecular weight is 224 g/mol. The molecule has 1 aliphatic carbocycles. The van der Waals surface area contributed by atoms with Gasteiger partial charge in [0.1, 0.15) is 0 Å². The van der Waals surface area contributed by atoms with Gasteiger partial charge in [-0.2, -0.15) is 0 Å². The second-order valence-corrected chi connectivity index (χ2v) is 5.88. The van der Waals surface area contributed by atoms with Crippen LogP contribution in [0, 0.1) is 11.3 Å². The molecule has 2 aliphatic heterocycles. The molecule has 3 rings (SSSR count). The molecule has 0 aromatic rings. The van der Waals surface area contributed by atoms with Crippen molar-refractivity contribution in [1.82, 2.24) is 9.80 Å². The van der Waals surface area contributed by atoms with E-state index in [1.54, 1.807) is 7.11 Å². The quantitative estimate of drug-likeness (QED) is 0.671. The lowest BCUT2D eigenvalue weighted by Gasteiger charge is -2.58. The van der Waals surface area contributed by atoms with Crippen LogP contribution in [-0.4, -0.2) is 62.1 Å². The number of likely N-dealkylation sites (tertiary alicyclic amines) is 2. The van der Waals surface area contributed by atoms with Crippen molar-refractivity contribution in [2.24, 2.45) is 11.3 Å². The summed E-state index contributed by atoms with van der Waals surface area (Å²) in [7, 11) is 3.87. The van der Waals surface area contributed by atoms with Crippen LogP contribution in [0.15, 0.2) is 0 Å². The van der Waals surface area contributed by atoms with E-state index in [0.717, 1.165) is 25.9 Å². The minimum atomic E-state index is 0.285. The molecule has 0 atom stereocenters. The molecular formula is C12H20N2O2. The molecule has 1 saturated carbocycles. The van der Waals surface area contributed by atoms with E-state index in [2.05, 4.69) is 11.9 Å². The van der Waals surface area contributed by atoms with E-state index in [9.17, 15) is 4.79 Å². The van der Waals surface area contributed by atoms with Gasteiger partial charge < -0.3 is 14.5 Å². The molecule has 3 fully saturated rings. The van der Waals surface area contributed by atoms with Gasteiger partial charge in [0.2, 0.25) is 5.91 Å². The van der Waals surface area contributed by atoms with Gasteiger partial charge >= 0.3 is 0 Å². The summed E-state index contributed by atoms with van der Waals surface area (Å²) < 4.78 is 5.18. The van der Waals surface area contributed by atoms with Crippen LogP contribution in [0.5, 0.6) is 0 Å². The molecule has 0 N–H and O–H groups in total. The first-order valence-corrected chi connectivity index (χ1v) is 6.12. The molecule has 0 aromatic carbocycles. The summed E-state index contributed by atoms with van der Waals surface area (Å²) in [6, 6.07) is 0. The highest BCUT2D eigenvalue weighted by Gasteiger charge is 2.54. The predicted octanol–water partition coefficient (Wildman–Crippen LogP) is 0.185. The highest BCUT2D eigenvalue weighted by molar-refractivity contribution is 5.81. The molecule has 4 heteroatoms.